The smallest absolute Gasteiger partial charge is 0.291 e. The number of urea groups is 1. The number of benzene rings is 1. The molecule has 0 radical (unpaired) electrons. The minimum absolute atomic E-state index is 0.0789. The quantitative estimate of drug-likeness (QED) is 0.641. The fraction of sp³-hybridized carbons (Fsp3) is 0.308. The fourth-order valence-corrected chi connectivity index (χ4v) is 2.28. The third-order valence-electron chi connectivity index (χ3n) is 3.36. The fourth-order valence-electron chi connectivity index (χ4n) is 2.28. The zero-order valence-electron chi connectivity index (χ0n) is 10.6. The van der Waals surface area contributed by atoms with Crippen molar-refractivity contribution in [1.82, 2.24) is 4.90 Å². The van der Waals surface area contributed by atoms with Gasteiger partial charge in [0.05, 0.1) is 11.4 Å². The largest absolute Gasteiger partial charge is 0.338 e. The average Bonchev–Trinajstić information content (AvgIpc) is 3.23. The Balaban J connectivity index is 1.95. The van der Waals surface area contributed by atoms with Crippen molar-refractivity contribution in [3.63, 3.8) is 0 Å². The van der Waals surface area contributed by atoms with Gasteiger partial charge in [-0.3, -0.25) is 25.2 Å². The van der Waals surface area contributed by atoms with Crippen LogP contribution in [-0.4, -0.2) is 34.0 Å². The van der Waals surface area contributed by atoms with Gasteiger partial charge in [-0.05, 0) is 31.0 Å². The van der Waals surface area contributed by atoms with E-state index >= 15 is 0 Å². The van der Waals surface area contributed by atoms with Gasteiger partial charge in [0.25, 0.3) is 0 Å². The summed E-state index contributed by atoms with van der Waals surface area (Å²) in [6.45, 7) is 0. The van der Waals surface area contributed by atoms with Crippen LogP contribution in [0.5, 0.6) is 0 Å². The van der Waals surface area contributed by atoms with E-state index < -0.39 is 17.8 Å². The first kappa shape index (κ1) is 12.6. The van der Waals surface area contributed by atoms with Crippen molar-refractivity contribution >= 4 is 29.2 Å². The maximum atomic E-state index is 12.4. The van der Waals surface area contributed by atoms with Crippen molar-refractivity contribution in [1.29, 1.82) is 0 Å². The summed E-state index contributed by atoms with van der Waals surface area (Å²) in [6, 6.07) is 5.56. The molecule has 2 fully saturated rings. The zero-order chi connectivity index (χ0) is 14.3. The van der Waals surface area contributed by atoms with Crippen LogP contribution in [0.4, 0.5) is 16.2 Å². The second-order valence-corrected chi connectivity index (χ2v) is 4.85. The Morgan fingerprint density at radius 2 is 1.90 bits per heavy atom. The van der Waals surface area contributed by atoms with Crippen LogP contribution in [0.15, 0.2) is 24.3 Å². The molecule has 1 aliphatic carbocycles. The van der Waals surface area contributed by atoms with Crippen molar-refractivity contribution in [2.24, 2.45) is 0 Å². The van der Waals surface area contributed by atoms with E-state index in [-0.39, 0.29) is 12.5 Å². The van der Waals surface area contributed by atoms with E-state index in [4.69, 9.17) is 5.21 Å². The lowest BCUT2D eigenvalue weighted by atomic mass is 10.2. The predicted octanol–water partition coefficient (Wildman–Crippen LogP) is 1.34. The molecule has 2 aliphatic rings. The molecule has 1 heterocycles. The summed E-state index contributed by atoms with van der Waals surface area (Å²) < 4.78 is 0. The minimum atomic E-state index is -0.608. The number of barbiturate groups is 1. The van der Waals surface area contributed by atoms with Gasteiger partial charge in [0.15, 0.2) is 0 Å². The summed E-state index contributed by atoms with van der Waals surface area (Å²) in [4.78, 5) is 38.3. The minimum Gasteiger partial charge on any atom is -0.291 e. The van der Waals surface area contributed by atoms with E-state index in [1.165, 1.54) is 11.0 Å². The molecule has 3 rings (SSSR count). The van der Waals surface area contributed by atoms with Crippen molar-refractivity contribution in [2.45, 2.75) is 25.3 Å². The molecule has 20 heavy (non-hydrogen) atoms. The second kappa shape index (κ2) is 4.61. The van der Waals surface area contributed by atoms with Gasteiger partial charge in [0, 0.05) is 6.04 Å². The van der Waals surface area contributed by atoms with Crippen LogP contribution in [0.25, 0.3) is 0 Å². The van der Waals surface area contributed by atoms with Crippen molar-refractivity contribution in [2.75, 3.05) is 10.4 Å². The van der Waals surface area contributed by atoms with Gasteiger partial charge in [-0.1, -0.05) is 6.07 Å². The number of imide groups is 2. The van der Waals surface area contributed by atoms with E-state index in [0.717, 1.165) is 17.7 Å². The Kier molecular flexibility index (Phi) is 2.90. The first-order chi connectivity index (χ1) is 9.61. The molecular formula is C13H13N3O4. The van der Waals surface area contributed by atoms with Gasteiger partial charge < -0.3 is 0 Å². The molecule has 7 nitrogen and oxygen atoms in total. The SMILES string of the molecule is O=C1CC(=O)N(C2CC2)C(=O)N1c1cccc(NO)c1. The molecule has 0 atom stereocenters. The highest BCUT2D eigenvalue weighted by atomic mass is 16.5. The van der Waals surface area contributed by atoms with E-state index in [9.17, 15) is 14.4 Å². The molecule has 1 aromatic carbocycles. The van der Waals surface area contributed by atoms with Gasteiger partial charge in [-0.15, -0.1) is 0 Å². The summed E-state index contributed by atoms with van der Waals surface area (Å²) in [5.41, 5.74) is 2.65. The van der Waals surface area contributed by atoms with E-state index in [1.807, 2.05) is 5.48 Å². The number of hydrogen-bond donors (Lipinski definition) is 2. The molecule has 4 amide bonds. The molecule has 1 saturated carbocycles. The van der Waals surface area contributed by atoms with Crippen LogP contribution in [0.3, 0.4) is 0 Å². The summed E-state index contributed by atoms with van der Waals surface area (Å²) >= 11 is 0. The molecular weight excluding hydrogens is 262 g/mol. The molecule has 0 aromatic heterocycles. The average molecular weight is 275 g/mol. The number of nitrogens with zero attached hydrogens (tertiary/aromatic N) is 2. The Morgan fingerprint density at radius 3 is 2.55 bits per heavy atom. The molecule has 1 aliphatic heterocycles. The highest BCUT2D eigenvalue weighted by molar-refractivity contribution is 6.26. The van der Waals surface area contributed by atoms with Crippen LogP contribution in [0, 0.1) is 0 Å². The van der Waals surface area contributed by atoms with Gasteiger partial charge in [0.2, 0.25) is 11.8 Å². The van der Waals surface area contributed by atoms with Crippen LogP contribution >= 0.6 is 0 Å². The molecule has 7 heteroatoms. The number of carbonyl (C=O) groups is 3. The summed E-state index contributed by atoms with van der Waals surface area (Å²) in [7, 11) is 0. The lowest BCUT2D eigenvalue weighted by Crippen LogP contribution is -2.56. The third-order valence-corrected chi connectivity index (χ3v) is 3.36. The maximum absolute atomic E-state index is 12.4. The van der Waals surface area contributed by atoms with E-state index in [1.54, 1.807) is 18.2 Å². The van der Waals surface area contributed by atoms with Gasteiger partial charge in [-0.25, -0.2) is 9.69 Å². The van der Waals surface area contributed by atoms with Crippen LogP contribution in [0.2, 0.25) is 0 Å². The topological polar surface area (TPSA) is 90.0 Å². The lowest BCUT2D eigenvalue weighted by molar-refractivity contribution is -0.135. The molecule has 104 valence electrons. The molecule has 2 N–H and O–H groups in total. The Bertz CT molecular complexity index is 597. The van der Waals surface area contributed by atoms with Gasteiger partial charge in [-0.2, -0.15) is 0 Å². The number of rotatable bonds is 3. The van der Waals surface area contributed by atoms with Crippen molar-refractivity contribution in [3.05, 3.63) is 24.3 Å². The van der Waals surface area contributed by atoms with Crippen LogP contribution < -0.4 is 10.4 Å². The molecule has 0 unspecified atom stereocenters. The Hall–Kier alpha value is -2.41. The van der Waals surface area contributed by atoms with Crippen molar-refractivity contribution < 1.29 is 19.6 Å². The van der Waals surface area contributed by atoms with Gasteiger partial charge >= 0.3 is 6.03 Å². The number of anilines is 2. The lowest BCUT2D eigenvalue weighted by Gasteiger charge is -2.32. The summed E-state index contributed by atoms with van der Waals surface area (Å²) in [5, 5.41) is 8.88. The normalized spacial score (nSPS) is 19.6. The van der Waals surface area contributed by atoms with Gasteiger partial charge in [0.1, 0.15) is 6.42 Å². The first-order valence-electron chi connectivity index (χ1n) is 6.31. The van der Waals surface area contributed by atoms with Crippen molar-refractivity contribution in [3.8, 4) is 0 Å². The third kappa shape index (κ3) is 2.01. The summed E-state index contributed by atoms with van der Waals surface area (Å²) in [6.07, 6.45) is 1.27. The Morgan fingerprint density at radius 1 is 1.15 bits per heavy atom. The first-order valence-corrected chi connectivity index (χ1v) is 6.31. The predicted molar refractivity (Wildman–Crippen MR) is 69.2 cm³/mol. The highest BCUT2D eigenvalue weighted by Gasteiger charge is 2.45. The monoisotopic (exact) mass is 275 g/mol. The summed E-state index contributed by atoms with van der Waals surface area (Å²) in [5.74, 6) is -0.984. The standard InChI is InChI=1S/C13H13N3O4/c17-11-7-12(18)16(13(19)15(11)9-4-5-9)10-3-1-2-8(6-10)14-20/h1-3,6,9,14,20H,4-5,7H2. The van der Waals surface area contributed by atoms with E-state index in [2.05, 4.69) is 0 Å². The number of nitrogens with one attached hydrogen (secondary N) is 1. The zero-order valence-corrected chi connectivity index (χ0v) is 10.6. The molecule has 1 aromatic rings. The van der Waals surface area contributed by atoms with E-state index in [0.29, 0.717) is 11.4 Å². The number of hydrogen-bond acceptors (Lipinski definition) is 5. The molecule has 0 bridgehead atoms. The number of carbonyl (C=O) groups excluding carboxylic acids is 3. The maximum Gasteiger partial charge on any atom is 0.338 e. The number of amides is 4. The van der Waals surface area contributed by atoms with Crippen LogP contribution in [0.1, 0.15) is 19.3 Å². The van der Waals surface area contributed by atoms with Crippen LogP contribution in [-0.2, 0) is 9.59 Å². The molecule has 0 spiro atoms. The Labute approximate surface area is 114 Å². The highest BCUT2D eigenvalue weighted by Crippen LogP contribution is 2.32. The molecule has 1 saturated heterocycles. The second-order valence-electron chi connectivity index (χ2n) is 4.85.